The van der Waals surface area contributed by atoms with E-state index in [9.17, 15) is 18.3 Å². The lowest BCUT2D eigenvalue weighted by molar-refractivity contribution is -0.137. The second kappa shape index (κ2) is 7.32. The number of alkyl halides is 3. The zero-order valence-electron chi connectivity index (χ0n) is 15.6. The Hall–Kier alpha value is -2.79. The summed E-state index contributed by atoms with van der Waals surface area (Å²) in [7, 11) is 0. The van der Waals surface area contributed by atoms with Crippen molar-refractivity contribution in [3.05, 3.63) is 53.6 Å². The number of nitrogens with zero attached hydrogens (tertiary/aromatic N) is 3. The third-order valence-electron chi connectivity index (χ3n) is 4.94. The number of anilines is 1. The van der Waals surface area contributed by atoms with E-state index in [-0.39, 0.29) is 12.6 Å². The number of benzene rings is 1. The lowest BCUT2D eigenvalue weighted by atomic mass is 10.0. The Morgan fingerprint density at radius 1 is 1.36 bits per heavy atom. The molecule has 3 rings (SSSR count). The van der Waals surface area contributed by atoms with Gasteiger partial charge in [0.15, 0.2) is 0 Å². The minimum Gasteiger partial charge on any atom is -0.394 e. The van der Waals surface area contributed by atoms with Crippen LogP contribution in [0.2, 0.25) is 0 Å². The molecule has 0 bridgehead atoms. The van der Waals surface area contributed by atoms with Gasteiger partial charge in [0.25, 0.3) is 0 Å². The Morgan fingerprint density at radius 3 is 2.75 bits per heavy atom. The van der Waals surface area contributed by atoms with Gasteiger partial charge in [-0.1, -0.05) is 6.08 Å². The number of halogens is 3. The van der Waals surface area contributed by atoms with Gasteiger partial charge in [-0.15, -0.1) is 0 Å². The van der Waals surface area contributed by atoms with Crippen molar-refractivity contribution in [3.63, 3.8) is 0 Å². The molecular weight excluding hydrogens is 369 g/mol. The maximum absolute atomic E-state index is 13.1. The summed E-state index contributed by atoms with van der Waals surface area (Å²) in [6.45, 7) is 3.76. The number of rotatable bonds is 5. The number of aromatic nitrogens is 2. The van der Waals surface area contributed by atoms with Crippen LogP contribution in [0.4, 0.5) is 18.9 Å². The fraction of sp³-hybridized carbons (Fsp3) is 0.400. The Labute approximate surface area is 161 Å². The summed E-state index contributed by atoms with van der Waals surface area (Å²) in [5.74, 6) is 0. The smallest absolute Gasteiger partial charge is 0.394 e. The van der Waals surface area contributed by atoms with Crippen LogP contribution in [0.5, 0.6) is 0 Å². The number of nitrogens with one attached hydrogen (secondary N) is 1. The first-order chi connectivity index (χ1) is 13.2. The second-order valence-corrected chi connectivity index (χ2v) is 7.50. The predicted molar refractivity (Wildman–Crippen MR) is 99.4 cm³/mol. The molecule has 1 aliphatic carbocycles. The average Bonchev–Trinajstić information content (AvgIpc) is 3.30. The number of nitriles is 1. The second-order valence-electron chi connectivity index (χ2n) is 7.50. The molecule has 1 unspecified atom stereocenters. The highest BCUT2D eigenvalue weighted by Gasteiger charge is 2.34. The highest BCUT2D eigenvalue weighted by atomic mass is 19.4. The fourth-order valence-corrected chi connectivity index (χ4v) is 3.33. The van der Waals surface area contributed by atoms with Gasteiger partial charge in [-0.05, 0) is 50.5 Å². The van der Waals surface area contributed by atoms with Gasteiger partial charge in [0.2, 0.25) is 0 Å². The van der Waals surface area contributed by atoms with E-state index in [4.69, 9.17) is 5.26 Å². The quantitative estimate of drug-likeness (QED) is 0.804. The van der Waals surface area contributed by atoms with Crippen LogP contribution in [0, 0.1) is 11.3 Å². The summed E-state index contributed by atoms with van der Waals surface area (Å²) in [4.78, 5) is 4.18. The van der Waals surface area contributed by atoms with Crippen molar-refractivity contribution in [3.8, 4) is 6.07 Å². The molecule has 148 valence electrons. The summed E-state index contributed by atoms with van der Waals surface area (Å²) in [6.07, 6.45) is 2.13. The highest BCUT2D eigenvalue weighted by Crippen LogP contribution is 2.35. The van der Waals surface area contributed by atoms with Crippen molar-refractivity contribution in [2.24, 2.45) is 0 Å². The average molecular weight is 390 g/mol. The Balaban J connectivity index is 1.76. The van der Waals surface area contributed by atoms with Crippen LogP contribution in [0.25, 0.3) is 5.57 Å². The number of imidazole rings is 1. The lowest BCUT2D eigenvalue weighted by Gasteiger charge is -2.26. The van der Waals surface area contributed by atoms with Crippen LogP contribution in [0.15, 0.2) is 36.8 Å². The zero-order valence-corrected chi connectivity index (χ0v) is 15.6. The van der Waals surface area contributed by atoms with Gasteiger partial charge in [0.05, 0.1) is 47.6 Å². The number of hydrogen-bond acceptors (Lipinski definition) is 4. The molecule has 2 aromatic rings. The van der Waals surface area contributed by atoms with E-state index >= 15 is 0 Å². The van der Waals surface area contributed by atoms with Crippen molar-refractivity contribution < 1.29 is 18.3 Å². The number of aliphatic hydroxyl groups excluding tert-OH is 1. The number of aliphatic hydroxyl groups is 1. The first kappa shape index (κ1) is 20.0. The molecule has 2 N–H and O–H groups in total. The SMILES string of the molecule is CC(C)(CO)n1cncc1C1=CCC(Nc2ccc(C#N)c(C(F)(F)F)c2)C1. The molecule has 8 heteroatoms. The molecular formula is C20H21F3N4O. The molecule has 0 saturated heterocycles. The van der Waals surface area contributed by atoms with Gasteiger partial charge in [-0.3, -0.25) is 0 Å². The molecule has 0 saturated carbocycles. The monoisotopic (exact) mass is 390 g/mol. The Bertz CT molecular complexity index is 938. The van der Waals surface area contributed by atoms with E-state index in [1.807, 2.05) is 24.5 Å². The normalized spacial score (nSPS) is 17.3. The van der Waals surface area contributed by atoms with E-state index in [0.717, 1.165) is 17.3 Å². The molecule has 28 heavy (non-hydrogen) atoms. The minimum atomic E-state index is -4.58. The molecule has 5 nitrogen and oxygen atoms in total. The summed E-state index contributed by atoms with van der Waals surface area (Å²) in [5.41, 5.74) is 0.412. The molecule has 1 aromatic heterocycles. The van der Waals surface area contributed by atoms with Crippen molar-refractivity contribution in [1.82, 2.24) is 9.55 Å². The predicted octanol–water partition coefficient (Wildman–Crippen LogP) is 4.16. The van der Waals surface area contributed by atoms with Crippen LogP contribution in [0.1, 0.15) is 43.5 Å². The van der Waals surface area contributed by atoms with Crippen LogP contribution in [-0.4, -0.2) is 27.3 Å². The molecule has 0 radical (unpaired) electrons. The number of hydrogen-bond donors (Lipinski definition) is 2. The zero-order chi connectivity index (χ0) is 20.5. The highest BCUT2D eigenvalue weighted by molar-refractivity contribution is 5.67. The Kier molecular flexibility index (Phi) is 5.22. The van der Waals surface area contributed by atoms with Crippen LogP contribution in [0.3, 0.4) is 0 Å². The van der Waals surface area contributed by atoms with E-state index in [0.29, 0.717) is 18.5 Å². The lowest BCUT2D eigenvalue weighted by Crippen LogP contribution is -2.31. The van der Waals surface area contributed by atoms with E-state index in [1.54, 1.807) is 18.6 Å². The van der Waals surface area contributed by atoms with Crippen molar-refractivity contribution in [1.29, 1.82) is 5.26 Å². The van der Waals surface area contributed by atoms with Crippen LogP contribution >= 0.6 is 0 Å². The van der Waals surface area contributed by atoms with Crippen LogP contribution < -0.4 is 5.32 Å². The molecule has 1 heterocycles. The molecule has 0 fully saturated rings. The van der Waals surface area contributed by atoms with Crippen molar-refractivity contribution in [2.45, 2.75) is 44.4 Å². The maximum atomic E-state index is 13.1. The van der Waals surface area contributed by atoms with Gasteiger partial charge < -0.3 is 15.0 Å². The topological polar surface area (TPSA) is 73.9 Å². The standard InChI is InChI=1S/C20H21F3N4O/c1-19(2,11-28)27-12-25-10-18(27)13-3-5-15(7-13)26-16-6-4-14(9-24)17(8-16)20(21,22)23/h3-4,6,8,10,12,15,26,28H,5,7,11H2,1-2H3. The van der Waals surface area contributed by atoms with Crippen LogP contribution in [-0.2, 0) is 11.7 Å². The summed E-state index contributed by atoms with van der Waals surface area (Å²) < 4.78 is 41.3. The maximum Gasteiger partial charge on any atom is 0.417 e. The molecule has 0 spiro atoms. The van der Waals surface area contributed by atoms with Gasteiger partial charge in [0.1, 0.15) is 0 Å². The summed E-state index contributed by atoms with van der Waals surface area (Å²) >= 11 is 0. The molecule has 0 aliphatic heterocycles. The van der Waals surface area contributed by atoms with E-state index in [2.05, 4.69) is 10.3 Å². The third kappa shape index (κ3) is 3.90. The molecule has 1 atom stereocenters. The summed E-state index contributed by atoms with van der Waals surface area (Å²) in [5, 5.41) is 21.7. The first-order valence-electron chi connectivity index (χ1n) is 8.86. The van der Waals surface area contributed by atoms with E-state index < -0.39 is 22.8 Å². The molecule has 0 amide bonds. The minimum absolute atomic E-state index is 0.0449. The van der Waals surface area contributed by atoms with Gasteiger partial charge >= 0.3 is 6.18 Å². The van der Waals surface area contributed by atoms with E-state index in [1.165, 1.54) is 12.1 Å². The summed E-state index contributed by atoms with van der Waals surface area (Å²) in [6, 6.07) is 5.18. The van der Waals surface area contributed by atoms with Crippen molar-refractivity contribution in [2.75, 3.05) is 11.9 Å². The van der Waals surface area contributed by atoms with Gasteiger partial charge in [-0.25, -0.2) is 4.98 Å². The first-order valence-corrected chi connectivity index (χ1v) is 8.86. The molecule has 1 aromatic carbocycles. The van der Waals surface area contributed by atoms with Gasteiger partial charge in [-0.2, -0.15) is 18.4 Å². The fourth-order valence-electron chi connectivity index (χ4n) is 3.33. The van der Waals surface area contributed by atoms with Gasteiger partial charge in [0, 0.05) is 11.7 Å². The van der Waals surface area contributed by atoms with Crippen molar-refractivity contribution >= 4 is 11.3 Å². The largest absolute Gasteiger partial charge is 0.417 e. The third-order valence-corrected chi connectivity index (χ3v) is 4.94. The molecule has 1 aliphatic rings. The Morgan fingerprint density at radius 2 is 2.11 bits per heavy atom.